The average molecular weight is 370 g/mol. The van der Waals surface area contributed by atoms with Crippen molar-refractivity contribution in [1.82, 2.24) is 15.5 Å². The lowest BCUT2D eigenvalue weighted by molar-refractivity contribution is -0.146. The summed E-state index contributed by atoms with van der Waals surface area (Å²) in [4.78, 5) is 30.0. The van der Waals surface area contributed by atoms with E-state index in [2.05, 4.69) is 20.5 Å². The summed E-state index contributed by atoms with van der Waals surface area (Å²) in [7, 11) is 1.44. The molecule has 1 rings (SSSR count). The summed E-state index contributed by atoms with van der Waals surface area (Å²) in [5.74, 6) is 0.713. The first kappa shape index (κ1) is 22.1. The second-order valence-electron chi connectivity index (χ2n) is 7.30. The van der Waals surface area contributed by atoms with Crippen molar-refractivity contribution in [1.29, 1.82) is 0 Å². The van der Waals surface area contributed by atoms with Crippen molar-refractivity contribution in [3.63, 3.8) is 0 Å². The minimum atomic E-state index is -0.489. The molecule has 2 N–H and O–H groups in total. The van der Waals surface area contributed by atoms with Crippen LogP contribution in [0, 0.1) is 5.92 Å². The van der Waals surface area contributed by atoms with Gasteiger partial charge in [0.25, 0.3) is 0 Å². The average Bonchev–Trinajstić information content (AvgIpc) is 2.58. The molecule has 0 radical (unpaired) electrons. The van der Waals surface area contributed by atoms with E-state index in [4.69, 9.17) is 9.47 Å². The monoisotopic (exact) mass is 370 g/mol. The summed E-state index contributed by atoms with van der Waals surface area (Å²) < 4.78 is 10.0. The van der Waals surface area contributed by atoms with Gasteiger partial charge in [0.05, 0.1) is 13.0 Å². The smallest absolute Gasteiger partial charge is 0.407 e. The molecule has 1 saturated heterocycles. The Bertz CT molecular complexity index is 480. The number of hydrogen-bond donors (Lipinski definition) is 2. The van der Waals surface area contributed by atoms with E-state index in [1.54, 1.807) is 0 Å². The maximum Gasteiger partial charge on any atom is 0.407 e. The third-order valence-corrected chi connectivity index (χ3v) is 3.93. The molecule has 0 spiro atoms. The summed E-state index contributed by atoms with van der Waals surface area (Å²) in [6.45, 7) is 11.0. The highest BCUT2D eigenvalue weighted by Crippen LogP contribution is 2.18. The molecule has 1 aliphatic rings. The van der Waals surface area contributed by atoms with Crippen molar-refractivity contribution in [2.24, 2.45) is 10.9 Å². The highest BCUT2D eigenvalue weighted by Gasteiger charge is 2.26. The molecule has 8 nitrogen and oxygen atoms in total. The molecule has 1 aliphatic heterocycles. The van der Waals surface area contributed by atoms with Crippen LogP contribution < -0.4 is 10.6 Å². The lowest BCUT2D eigenvalue weighted by Gasteiger charge is -2.33. The molecular weight excluding hydrogens is 336 g/mol. The third kappa shape index (κ3) is 8.40. The van der Waals surface area contributed by atoms with E-state index in [1.807, 2.05) is 27.7 Å². The van der Waals surface area contributed by atoms with E-state index in [-0.39, 0.29) is 11.9 Å². The molecule has 0 bridgehead atoms. The van der Waals surface area contributed by atoms with Gasteiger partial charge in [0.1, 0.15) is 5.60 Å². The first-order valence-electron chi connectivity index (χ1n) is 9.34. The van der Waals surface area contributed by atoms with Crippen LogP contribution in [-0.2, 0) is 14.3 Å². The standard InChI is InChI=1S/C18H34N4O4/c1-6-19-16(22-12-8-14(9-13-22)15(23)25-5)20-10-7-11-21-17(24)26-18(2,3)4/h14H,6-13H2,1-5H3,(H,19,20)(H,21,24). The second-order valence-corrected chi connectivity index (χ2v) is 7.30. The Hall–Kier alpha value is -1.99. The first-order valence-corrected chi connectivity index (χ1v) is 9.34. The molecular formula is C18H34N4O4. The van der Waals surface area contributed by atoms with Gasteiger partial charge >= 0.3 is 12.1 Å². The van der Waals surface area contributed by atoms with Crippen LogP contribution >= 0.6 is 0 Å². The fraction of sp³-hybridized carbons (Fsp3) is 0.833. The molecule has 0 unspecified atom stereocenters. The van der Waals surface area contributed by atoms with Gasteiger partial charge in [-0.1, -0.05) is 0 Å². The van der Waals surface area contributed by atoms with Gasteiger partial charge in [-0.3, -0.25) is 9.79 Å². The van der Waals surface area contributed by atoms with Gasteiger partial charge in [0.15, 0.2) is 5.96 Å². The fourth-order valence-electron chi connectivity index (χ4n) is 2.69. The minimum absolute atomic E-state index is 0.0165. The zero-order valence-electron chi connectivity index (χ0n) is 16.8. The van der Waals surface area contributed by atoms with E-state index in [9.17, 15) is 9.59 Å². The molecule has 0 aromatic carbocycles. The Balaban J connectivity index is 2.38. The number of methoxy groups -OCH3 is 1. The van der Waals surface area contributed by atoms with E-state index >= 15 is 0 Å². The maximum atomic E-state index is 11.6. The molecule has 0 aromatic rings. The zero-order valence-corrected chi connectivity index (χ0v) is 16.8. The summed E-state index contributed by atoms with van der Waals surface area (Å²) in [6, 6.07) is 0. The number of hydrogen-bond acceptors (Lipinski definition) is 5. The van der Waals surface area contributed by atoms with Crippen LogP contribution in [-0.4, -0.2) is 68.4 Å². The predicted octanol–water partition coefficient (Wildman–Crippen LogP) is 1.75. The van der Waals surface area contributed by atoms with Crippen LogP contribution in [0.3, 0.4) is 0 Å². The largest absolute Gasteiger partial charge is 0.469 e. The number of esters is 1. The Morgan fingerprint density at radius 3 is 2.38 bits per heavy atom. The van der Waals surface area contributed by atoms with Gasteiger partial charge in [-0.2, -0.15) is 0 Å². The van der Waals surface area contributed by atoms with Gasteiger partial charge in [-0.25, -0.2) is 4.79 Å². The molecule has 1 fully saturated rings. The van der Waals surface area contributed by atoms with Crippen LogP contribution in [0.25, 0.3) is 0 Å². The van der Waals surface area contributed by atoms with E-state index in [1.165, 1.54) is 7.11 Å². The van der Waals surface area contributed by atoms with Crippen molar-refractivity contribution >= 4 is 18.0 Å². The number of rotatable bonds is 6. The number of carbonyl (C=O) groups excluding carboxylic acids is 2. The third-order valence-electron chi connectivity index (χ3n) is 3.93. The fourth-order valence-corrected chi connectivity index (χ4v) is 2.69. The van der Waals surface area contributed by atoms with Gasteiger partial charge in [0.2, 0.25) is 0 Å². The number of amides is 1. The van der Waals surface area contributed by atoms with E-state index < -0.39 is 11.7 Å². The highest BCUT2D eigenvalue weighted by atomic mass is 16.6. The topological polar surface area (TPSA) is 92.3 Å². The van der Waals surface area contributed by atoms with Crippen LogP contribution in [0.2, 0.25) is 0 Å². The normalized spacial score (nSPS) is 16.2. The molecule has 0 aromatic heterocycles. The Kier molecular flexibility index (Phi) is 9.23. The summed E-state index contributed by atoms with van der Waals surface area (Å²) in [6.07, 6.45) is 1.87. The quantitative estimate of drug-likeness (QED) is 0.320. The Labute approximate surface area is 156 Å². The van der Waals surface area contributed by atoms with Crippen LogP contribution in [0.15, 0.2) is 4.99 Å². The van der Waals surface area contributed by atoms with Crippen molar-refractivity contribution in [3.05, 3.63) is 0 Å². The number of ether oxygens (including phenoxy) is 2. The van der Waals surface area contributed by atoms with Gasteiger partial charge in [0, 0.05) is 32.7 Å². The van der Waals surface area contributed by atoms with Gasteiger partial charge < -0.3 is 25.0 Å². The van der Waals surface area contributed by atoms with Gasteiger partial charge in [-0.15, -0.1) is 0 Å². The lowest BCUT2D eigenvalue weighted by Crippen LogP contribution is -2.46. The number of carbonyl (C=O) groups is 2. The molecule has 8 heteroatoms. The van der Waals surface area contributed by atoms with E-state index in [0.29, 0.717) is 13.1 Å². The Morgan fingerprint density at radius 2 is 1.85 bits per heavy atom. The Morgan fingerprint density at radius 1 is 1.19 bits per heavy atom. The van der Waals surface area contributed by atoms with Crippen molar-refractivity contribution in [2.45, 2.75) is 52.6 Å². The highest BCUT2D eigenvalue weighted by molar-refractivity contribution is 5.80. The maximum absolute atomic E-state index is 11.6. The number of aliphatic imine (C=N–C) groups is 1. The predicted molar refractivity (Wildman–Crippen MR) is 101 cm³/mol. The number of guanidine groups is 1. The number of alkyl carbamates (subject to hydrolysis) is 1. The van der Waals surface area contributed by atoms with Crippen LogP contribution in [0.5, 0.6) is 0 Å². The molecule has 1 amide bonds. The van der Waals surface area contributed by atoms with Crippen LogP contribution in [0.1, 0.15) is 47.0 Å². The second kappa shape index (κ2) is 10.9. The summed E-state index contributed by atoms with van der Waals surface area (Å²) in [5.41, 5.74) is -0.489. The summed E-state index contributed by atoms with van der Waals surface area (Å²) in [5, 5.41) is 6.02. The van der Waals surface area contributed by atoms with Crippen molar-refractivity contribution in [3.8, 4) is 0 Å². The number of nitrogens with zero attached hydrogens (tertiary/aromatic N) is 2. The number of likely N-dealkylation sites (tertiary alicyclic amines) is 1. The molecule has 0 atom stereocenters. The molecule has 0 aliphatic carbocycles. The minimum Gasteiger partial charge on any atom is -0.469 e. The summed E-state index contributed by atoms with van der Waals surface area (Å²) >= 11 is 0. The SMILES string of the molecule is CCNC(=NCCCNC(=O)OC(C)(C)C)N1CCC(C(=O)OC)CC1. The molecule has 1 heterocycles. The van der Waals surface area contributed by atoms with Crippen molar-refractivity contribution < 1.29 is 19.1 Å². The molecule has 0 saturated carbocycles. The molecule has 150 valence electrons. The lowest BCUT2D eigenvalue weighted by atomic mass is 9.97. The number of nitrogens with one attached hydrogen (secondary N) is 2. The first-order chi connectivity index (χ1) is 12.3. The molecule has 26 heavy (non-hydrogen) atoms. The van der Waals surface area contributed by atoms with E-state index in [0.717, 1.165) is 44.9 Å². The number of piperidine rings is 1. The van der Waals surface area contributed by atoms with Gasteiger partial charge in [-0.05, 0) is 47.0 Å². The zero-order chi connectivity index (χ0) is 19.6. The van der Waals surface area contributed by atoms with Crippen LogP contribution in [0.4, 0.5) is 4.79 Å². The van der Waals surface area contributed by atoms with Crippen molar-refractivity contribution in [2.75, 3.05) is 39.8 Å².